The third-order valence-electron chi connectivity index (χ3n) is 3.86. The van der Waals surface area contributed by atoms with Gasteiger partial charge in [-0.15, -0.1) is 0 Å². The number of esters is 1. The Morgan fingerprint density at radius 1 is 1.16 bits per heavy atom. The zero-order valence-corrected chi connectivity index (χ0v) is 14.6. The van der Waals surface area contributed by atoms with E-state index >= 15 is 0 Å². The van der Waals surface area contributed by atoms with Crippen LogP contribution in [-0.4, -0.2) is 46.1 Å². The lowest BCUT2D eigenvalue weighted by Gasteiger charge is -2.12. The Morgan fingerprint density at radius 2 is 1.84 bits per heavy atom. The quantitative estimate of drug-likeness (QED) is 0.649. The van der Waals surface area contributed by atoms with Crippen LogP contribution in [0.2, 0.25) is 0 Å². The molecule has 0 aliphatic heterocycles. The van der Waals surface area contributed by atoms with Crippen LogP contribution in [0.3, 0.4) is 0 Å². The van der Waals surface area contributed by atoms with E-state index in [0.29, 0.717) is 0 Å². The fraction of sp³-hybridized carbons (Fsp3) is 0.500. The summed E-state index contributed by atoms with van der Waals surface area (Å²) in [5.74, 6) is -1.000. The van der Waals surface area contributed by atoms with Crippen molar-refractivity contribution in [3.8, 4) is 5.75 Å². The number of ether oxygens (including phenoxy) is 2. The summed E-state index contributed by atoms with van der Waals surface area (Å²) >= 11 is 0. The molecule has 2 aliphatic rings. The van der Waals surface area contributed by atoms with E-state index in [1.54, 1.807) is 0 Å². The number of methoxy groups -OCH3 is 1. The van der Waals surface area contributed by atoms with Gasteiger partial charge in [0, 0.05) is 12.1 Å². The van der Waals surface area contributed by atoms with Gasteiger partial charge < -0.3 is 14.8 Å². The van der Waals surface area contributed by atoms with Crippen molar-refractivity contribution in [2.75, 3.05) is 13.7 Å². The van der Waals surface area contributed by atoms with Crippen LogP contribution in [0.1, 0.15) is 36.0 Å². The molecular weight excluding hydrogens is 348 g/mol. The molecule has 3 rings (SSSR count). The van der Waals surface area contributed by atoms with E-state index in [0.717, 1.165) is 25.7 Å². The lowest BCUT2D eigenvalue weighted by Crippen LogP contribution is -2.30. The summed E-state index contributed by atoms with van der Waals surface area (Å²) in [7, 11) is -2.44. The second-order valence-electron chi connectivity index (χ2n) is 6.18. The average molecular weight is 368 g/mol. The van der Waals surface area contributed by atoms with Gasteiger partial charge in [0.2, 0.25) is 10.0 Å². The van der Waals surface area contributed by atoms with Crippen molar-refractivity contribution in [1.29, 1.82) is 0 Å². The molecule has 2 fully saturated rings. The largest absolute Gasteiger partial charge is 0.495 e. The summed E-state index contributed by atoms with van der Waals surface area (Å²) in [5, 5.41) is 2.70. The molecule has 1 amide bonds. The van der Waals surface area contributed by atoms with Crippen molar-refractivity contribution in [1.82, 2.24) is 10.0 Å². The molecule has 1 aromatic carbocycles. The molecule has 0 aromatic heterocycles. The van der Waals surface area contributed by atoms with Crippen LogP contribution < -0.4 is 14.8 Å². The van der Waals surface area contributed by atoms with E-state index in [2.05, 4.69) is 10.0 Å². The maximum atomic E-state index is 12.4. The monoisotopic (exact) mass is 368 g/mol. The molecule has 0 radical (unpaired) electrons. The van der Waals surface area contributed by atoms with Crippen LogP contribution in [0.15, 0.2) is 23.1 Å². The van der Waals surface area contributed by atoms with Gasteiger partial charge in [0.15, 0.2) is 6.61 Å². The predicted molar refractivity (Wildman–Crippen MR) is 87.8 cm³/mol. The number of benzene rings is 1. The first-order valence-corrected chi connectivity index (χ1v) is 9.54. The van der Waals surface area contributed by atoms with Gasteiger partial charge in [-0.05, 0) is 43.9 Å². The second-order valence-corrected chi connectivity index (χ2v) is 7.86. The molecule has 0 atom stereocenters. The Labute approximate surface area is 145 Å². The highest BCUT2D eigenvalue weighted by molar-refractivity contribution is 7.89. The Kier molecular flexibility index (Phi) is 4.96. The maximum Gasteiger partial charge on any atom is 0.338 e. The van der Waals surface area contributed by atoms with Gasteiger partial charge in [-0.3, -0.25) is 4.79 Å². The van der Waals surface area contributed by atoms with Crippen molar-refractivity contribution >= 4 is 21.9 Å². The number of hydrogen-bond donors (Lipinski definition) is 2. The number of carbonyl (C=O) groups is 2. The Morgan fingerprint density at radius 3 is 2.44 bits per heavy atom. The van der Waals surface area contributed by atoms with Crippen LogP contribution >= 0.6 is 0 Å². The number of carbonyl (C=O) groups excluding carboxylic acids is 2. The van der Waals surface area contributed by atoms with Crippen molar-refractivity contribution in [2.45, 2.75) is 42.7 Å². The molecule has 2 aliphatic carbocycles. The lowest BCUT2D eigenvalue weighted by molar-refractivity contribution is -0.124. The Balaban J connectivity index is 1.71. The Hall–Kier alpha value is -2.13. The summed E-state index contributed by atoms with van der Waals surface area (Å²) in [6, 6.07) is 4.09. The van der Waals surface area contributed by atoms with Crippen LogP contribution in [0.25, 0.3) is 0 Å². The first kappa shape index (κ1) is 17.7. The summed E-state index contributed by atoms with van der Waals surface area (Å²) in [6.45, 7) is -0.399. The molecule has 8 nitrogen and oxygen atoms in total. The summed E-state index contributed by atoms with van der Waals surface area (Å²) in [5.41, 5.74) is 0.0381. The molecule has 0 unspecified atom stereocenters. The Bertz CT molecular complexity index is 784. The van der Waals surface area contributed by atoms with E-state index in [-0.39, 0.29) is 34.2 Å². The number of amides is 1. The third-order valence-corrected chi connectivity index (χ3v) is 5.41. The first-order valence-electron chi connectivity index (χ1n) is 8.06. The van der Waals surface area contributed by atoms with Crippen molar-refractivity contribution < 1.29 is 27.5 Å². The van der Waals surface area contributed by atoms with Gasteiger partial charge in [0.1, 0.15) is 10.6 Å². The molecule has 2 saturated carbocycles. The smallest absolute Gasteiger partial charge is 0.338 e. The average Bonchev–Trinajstić information content (AvgIpc) is 3.49. The number of hydrogen-bond acceptors (Lipinski definition) is 6. The SMILES string of the molecule is COc1ccc(C(=O)OCC(=O)NC2CC2)cc1S(=O)(=O)NC1CC1. The van der Waals surface area contributed by atoms with Gasteiger partial charge in [-0.1, -0.05) is 0 Å². The van der Waals surface area contributed by atoms with Crippen LogP contribution in [-0.2, 0) is 19.6 Å². The summed E-state index contributed by atoms with van der Waals surface area (Å²) in [4.78, 5) is 23.5. The molecule has 25 heavy (non-hydrogen) atoms. The van der Waals surface area contributed by atoms with E-state index < -0.39 is 22.6 Å². The number of rotatable bonds is 8. The normalized spacial score (nSPS) is 17.0. The van der Waals surface area contributed by atoms with E-state index in [1.165, 1.54) is 25.3 Å². The number of sulfonamides is 1. The van der Waals surface area contributed by atoms with E-state index in [9.17, 15) is 18.0 Å². The molecule has 136 valence electrons. The zero-order chi connectivity index (χ0) is 18.0. The van der Waals surface area contributed by atoms with E-state index in [4.69, 9.17) is 9.47 Å². The minimum Gasteiger partial charge on any atom is -0.495 e. The van der Waals surface area contributed by atoms with Gasteiger partial charge in [-0.2, -0.15) is 0 Å². The molecule has 0 saturated heterocycles. The predicted octanol–water partition coefficient (Wildman–Crippen LogP) is 0.571. The topological polar surface area (TPSA) is 111 Å². The molecule has 0 bridgehead atoms. The van der Waals surface area contributed by atoms with Gasteiger partial charge in [0.25, 0.3) is 5.91 Å². The molecule has 0 heterocycles. The van der Waals surface area contributed by atoms with Crippen molar-refractivity contribution in [2.24, 2.45) is 0 Å². The standard InChI is InChI=1S/C16H20N2O6S/c1-23-13-7-2-10(8-14(13)25(21,22)18-12-5-6-12)16(20)24-9-15(19)17-11-3-4-11/h2,7-8,11-12,18H,3-6,9H2,1H3,(H,17,19). The molecule has 9 heteroatoms. The molecular formula is C16H20N2O6S. The summed E-state index contributed by atoms with van der Waals surface area (Å²) in [6.07, 6.45) is 3.46. The molecule has 2 N–H and O–H groups in total. The van der Waals surface area contributed by atoms with Gasteiger partial charge in [0.05, 0.1) is 12.7 Å². The fourth-order valence-electron chi connectivity index (χ4n) is 2.21. The fourth-order valence-corrected chi connectivity index (χ4v) is 3.71. The van der Waals surface area contributed by atoms with Crippen LogP contribution in [0, 0.1) is 0 Å². The van der Waals surface area contributed by atoms with Crippen molar-refractivity contribution in [3.63, 3.8) is 0 Å². The summed E-state index contributed by atoms with van der Waals surface area (Å²) < 4.78 is 37.4. The van der Waals surface area contributed by atoms with Crippen molar-refractivity contribution in [3.05, 3.63) is 23.8 Å². The van der Waals surface area contributed by atoms with Crippen LogP contribution in [0.5, 0.6) is 5.75 Å². The van der Waals surface area contributed by atoms with Gasteiger partial charge in [-0.25, -0.2) is 17.9 Å². The minimum absolute atomic E-state index is 0.0381. The molecule has 0 spiro atoms. The zero-order valence-electron chi connectivity index (χ0n) is 13.8. The highest BCUT2D eigenvalue weighted by Crippen LogP contribution is 2.28. The van der Waals surface area contributed by atoms with E-state index in [1.807, 2.05) is 0 Å². The number of nitrogens with one attached hydrogen (secondary N) is 2. The molecule has 1 aromatic rings. The lowest BCUT2D eigenvalue weighted by atomic mass is 10.2. The first-order chi connectivity index (χ1) is 11.9. The van der Waals surface area contributed by atoms with Gasteiger partial charge >= 0.3 is 5.97 Å². The highest BCUT2D eigenvalue weighted by Gasteiger charge is 2.30. The third kappa shape index (κ3) is 4.70. The second kappa shape index (κ2) is 7.01. The van der Waals surface area contributed by atoms with Crippen LogP contribution in [0.4, 0.5) is 0 Å². The minimum atomic E-state index is -3.80. The highest BCUT2D eigenvalue weighted by atomic mass is 32.2. The maximum absolute atomic E-state index is 12.4.